The van der Waals surface area contributed by atoms with Crippen LogP contribution < -0.4 is 10.5 Å². The van der Waals surface area contributed by atoms with Crippen LogP contribution in [-0.4, -0.2) is 34.6 Å². The van der Waals surface area contributed by atoms with Crippen LogP contribution in [0.25, 0.3) is 21.2 Å². The minimum absolute atomic E-state index is 0.0129. The van der Waals surface area contributed by atoms with Crippen molar-refractivity contribution in [1.82, 2.24) is 4.90 Å². The second kappa shape index (κ2) is 6.50. The van der Waals surface area contributed by atoms with Gasteiger partial charge in [-0.15, -0.1) is 11.3 Å². The average molecular weight is 394 g/mol. The maximum Gasteiger partial charge on any atom is 0.243 e. The molecule has 1 aliphatic heterocycles. The van der Waals surface area contributed by atoms with Crippen LogP contribution in [0.1, 0.15) is 24.8 Å². The van der Waals surface area contributed by atoms with Gasteiger partial charge in [0.1, 0.15) is 6.61 Å². The molecule has 1 fully saturated rings. The molecule has 2 aliphatic rings. The smallest absolute Gasteiger partial charge is 0.243 e. The number of nitrogens with two attached hydrogens (primary N) is 1. The second-order valence-corrected chi connectivity index (χ2v) is 8.63. The molecule has 144 valence electrons. The van der Waals surface area contributed by atoms with E-state index < -0.39 is 5.54 Å². The van der Waals surface area contributed by atoms with Crippen molar-refractivity contribution in [2.24, 2.45) is 5.73 Å². The Morgan fingerprint density at radius 3 is 2.86 bits per heavy atom. The average Bonchev–Trinajstić information content (AvgIpc) is 2.98. The molecule has 3 N–H and O–H groups in total. The Morgan fingerprint density at radius 1 is 1.25 bits per heavy atom. The van der Waals surface area contributed by atoms with Gasteiger partial charge in [-0.1, -0.05) is 18.2 Å². The topological polar surface area (TPSA) is 75.8 Å². The molecule has 2 aromatic carbocycles. The first-order valence-electron chi connectivity index (χ1n) is 9.59. The summed E-state index contributed by atoms with van der Waals surface area (Å²) in [7, 11) is 0. The van der Waals surface area contributed by atoms with Crippen molar-refractivity contribution in [2.75, 3.05) is 13.2 Å². The number of phenolic OH excluding ortho intramolecular Hbond substituents is 1. The van der Waals surface area contributed by atoms with Crippen molar-refractivity contribution in [2.45, 2.75) is 31.3 Å². The van der Waals surface area contributed by atoms with E-state index in [-0.39, 0.29) is 11.7 Å². The lowest BCUT2D eigenvalue weighted by Crippen LogP contribution is -2.59. The lowest BCUT2D eigenvalue weighted by atomic mass is 9.76. The third-order valence-corrected chi connectivity index (χ3v) is 6.83. The van der Waals surface area contributed by atoms with Gasteiger partial charge in [0.05, 0.1) is 12.1 Å². The molecule has 0 bridgehead atoms. The second-order valence-electron chi connectivity index (χ2n) is 7.71. The van der Waals surface area contributed by atoms with E-state index in [0.717, 1.165) is 41.3 Å². The number of carbonyl (C=O) groups excluding carboxylic acids is 1. The Morgan fingerprint density at radius 2 is 2.07 bits per heavy atom. The number of benzene rings is 2. The monoisotopic (exact) mass is 394 g/mol. The van der Waals surface area contributed by atoms with Crippen LogP contribution in [0.15, 0.2) is 41.8 Å². The molecule has 1 amide bonds. The predicted octanol–water partition coefficient (Wildman–Crippen LogP) is 3.88. The van der Waals surface area contributed by atoms with Crippen LogP contribution in [0.2, 0.25) is 0 Å². The van der Waals surface area contributed by atoms with Crippen molar-refractivity contribution < 1.29 is 14.6 Å². The normalized spacial score (nSPS) is 18.1. The number of nitrogens with zero attached hydrogens (tertiary/aromatic N) is 1. The van der Waals surface area contributed by atoms with E-state index >= 15 is 0 Å². The molecular formula is C22H22N2O3S. The third kappa shape index (κ3) is 2.75. The highest BCUT2D eigenvalue weighted by Gasteiger charge is 2.43. The highest BCUT2D eigenvalue weighted by atomic mass is 32.1. The van der Waals surface area contributed by atoms with E-state index in [1.807, 2.05) is 18.2 Å². The Hall–Kier alpha value is -2.57. The molecule has 0 saturated heterocycles. The predicted molar refractivity (Wildman–Crippen MR) is 111 cm³/mol. The number of hydrogen-bond donors (Lipinski definition) is 2. The molecule has 3 aromatic rings. The number of fused-ring (bicyclic) bond motifs is 2. The first kappa shape index (κ1) is 17.5. The van der Waals surface area contributed by atoms with Crippen LogP contribution >= 0.6 is 11.3 Å². The van der Waals surface area contributed by atoms with Gasteiger partial charge in [0, 0.05) is 27.8 Å². The number of phenols is 1. The van der Waals surface area contributed by atoms with E-state index in [1.54, 1.807) is 22.3 Å². The van der Waals surface area contributed by atoms with Gasteiger partial charge < -0.3 is 20.5 Å². The summed E-state index contributed by atoms with van der Waals surface area (Å²) in [5, 5.41) is 13.9. The van der Waals surface area contributed by atoms with Gasteiger partial charge in [0.15, 0.2) is 11.5 Å². The van der Waals surface area contributed by atoms with Crippen LogP contribution in [-0.2, 0) is 11.3 Å². The fraction of sp³-hybridized carbons (Fsp3) is 0.318. The molecule has 0 radical (unpaired) electrons. The summed E-state index contributed by atoms with van der Waals surface area (Å²) < 4.78 is 7.01. The summed E-state index contributed by atoms with van der Waals surface area (Å²) in [6, 6.07) is 12.0. The van der Waals surface area contributed by atoms with Gasteiger partial charge in [0.2, 0.25) is 5.91 Å². The van der Waals surface area contributed by atoms with E-state index in [2.05, 4.69) is 17.5 Å². The van der Waals surface area contributed by atoms with Crippen molar-refractivity contribution in [3.05, 3.63) is 47.3 Å². The molecule has 1 aliphatic carbocycles. The van der Waals surface area contributed by atoms with Crippen LogP contribution in [0.3, 0.4) is 0 Å². The first-order chi connectivity index (χ1) is 13.5. The van der Waals surface area contributed by atoms with E-state index in [1.165, 1.54) is 4.70 Å². The zero-order valence-electron chi connectivity index (χ0n) is 15.5. The van der Waals surface area contributed by atoms with Crippen molar-refractivity contribution >= 4 is 27.3 Å². The molecular weight excluding hydrogens is 372 g/mol. The van der Waals surface area contributed by atoms with Gasteiger partial charge in [-0.3, -0.25) is 4.79 Å². The Labute approximate surface area is 167 Å². The molecule has 2 heterocycles. The van der Waals surface area contributed by atoms with Crippen LogP contribution in [0, 0.1) is 0 Å². The lowest BCUT2D eigenvalue weighted by Gasteiger charge is -2.40. The van der Waals surface area contributed by atoms with Gasteiger partial charge in [-0.2, -0.15) is 0 Å². The van der Waals surface area contributed by atoms with Gasteiger partial charge in [-0.25, -0.2) is 0 Å². The number of aromatic hydroxyl groups is 1. The molecule has 0 spiro atoms. The zero-order valence-corrected chi connectivity index (χ0v) is 16.3. The first-order valence-corrected chi connectivity index (χ1v) is 10.5. The molecule has 6 heteroatoms. The van der Waals surface area contributed by atoms with E-state index in [0.29, 0.717) is 25.4 Å². The number of carbonyl (C=O) groups is 1. The van der Waals surface area contributed by atoms with Crippen LogP contribution in [0.4, 0.5) is 0 Å². The summed E-state index contributed by atoms with van der Waals surface area (Å²) in [4.78, 5) is 14.7. The number of ether oxygens (including phenoxy) is 1. The van der Waals surface area contributed by atoms with Crippen molar-refractivity contribution in [3.8, 4) is 22.6 Å². The summed E-state index contributed by atoms with van der Waals surface area (Å²) in [6.45, 7) is 1.22. The number of hydrogen-bond acceptors (Lipinski definition) is 5. The number of thiophene rings is 1. The van der Waals surface area contributed by atoms with Gasteiger partial charge in [-0.05, 0) is 48.4 Å². The van der Waals surface area contributed by atoms with Crippen molar-refractivity contribution in [3.63, 3.8) is 0 Å². The lowest BCUT2D eigenvalue weighted by molar-refractivity contribution is -0.140. The largest absolute Gasteiger partial charge is 0.504 e. The SMILES string of the molecule is NC1(C(=O)N2CCOc3c(O)cc(-c4csc5ccccc45)cc3C2)CCC1. The molecule has 1 saturated carbocycles. The summed E-state index contributed by atoms with van der Waals surface area (Å²) in [5.74, 6) is 0.572. The van der Waals surface area contributed by atoms with Crippen LogP contribution in [0.5, 0.6) is 11.5 Å². The van der Waals surface area contributed by atoms with Crippen molar-refractivity contribution in [1.29, 1.82) is 0 Å². The highest BCUT2D eigenvalue weighted by molar-refractivity contribution is 7.17. The molecule has 5 rings (SSSR count). The maximum atomic E-state index is 12.9. The molecule has 0 atom stereocenters. The minimum Gasteiger partial charge on any atom is -0.504 e. The molecule has 5 nitrogen and oxygen atoms in total. The Bertz CT molecular complexity index is 1070. The van der Waals surface area contributed by atoms with E-state index in [9.17, 15) is 9.90 Å². The summed E-state index contributed by atoms with van der Waals surface area (Å²) in [5.41, 5.74) is 8.36. The zero-order chi connectivity index (χ0) is 19.3. The standard InChI is InChI=1S/C22H22N2O3S/c23-22(6-3-7-22)21(26)24-8-9-27-20-15(12-24)10-14(11-18(20)25)17-13-28-19-5-2-1-4-16(17)19/h1-2,4-5,10-11,13,25H,3,6-9,12,23H2. The van der Waals surface area contributed by atoms with Gasteiger partial charge in [0.25, 0.3) is 0 Å². The number of amides is 1. The van der Waals surface area contributed by atoms with Gasteiger partial charge >= 0.3 is 0 Å². The Kier molecular flexibility index (Phi) is 4.07. The summed E-state index contributed by atoms with van der Waals surface area (Å²) in [6.07, 6.45) is 2.48. The minimum atomic E-state index is -0.728. The fourth-order valence-corrected chi connectivity index (χ4v) is 5.09. The third-order valence-electron chi connectivity index (χ3n) is 5.87. The fourth-order valence-electron chi connectivity index (χ4n) is 4.12. The summed E-state index contributed by atoms with van der Waals surface area (Å²) >= 11 is 1.68. The quantitative estimate of drug-likeness (QED) is 0.692. The molecule has 0 unspecified atom stereocenters. The Balaban J connectivity index is 1.54. The highest BCUT2D eigenvalue weighted by Crippen LogP contribution is 2.41. The molecule has 28 heavy (non-hydrogen) atoms. The number of rotatable bonds is 2. The molecule has 1 aromatic heterocycles. The van der Waals surface area contributed by atoms with E-state index in [4.69, 9.17) is 10.5 Å². The maximum absolute atomic E-state index is 12.9.